The standard InChI is InChI=1S/C16H24N2O2/c1-2-3-4-5-13-6-8-14(9-7-13)18-16(19)15-12-20-11-10-17-15/h6-9,15,17H,2-5,10-12H2,1H3,(H,18,19). The summed E-state index contributed by atoms with van der Waals surface area (Å²) in [5.74, 6) is -0.0246. The molecule has 20 heavy (non-hydrogen) atoms. The van der Waals surface area contributed by atoms with Crippen molar-refractivity contribution >= 4 is 11.6 Å². The number of morpholine rings is 1. The van der Waals surface area contributed by atoms with Crippen LogP contribution < -0.4 is 10.6 Å². The Labute approximate surface area is 120 Å². The van der Waals surface area contributed by atoms with E-state index in [9.17, 15) is 4.79 Å². The second-order valence-electron chi connectivity index (χ2n) is 5.22. The van der Waals surface area contributed by atoms with E-state index in [0.29, 0.717) is 13.2 Å². The van der Waals surface area contributed by atoms with E-state index < -0.39 is 0 Å². The molecule has 0 spiro atoms. The molecule has 0 bridgehead atoms. The van der Waals surface area contributed by atoms with Crippen molar-refractivity contribution < 1.29 is 9.53 Å². The highest BCUT2D eigenvalue weighted by Crippen LogP contribution is 2.13. The normalized spacial score (nSPS) is 18.8. The molecule has 1 fully saturated rings. The third kappa shape index (κ3) is 4.62. The molecule has 1 atom stereocenters. The second-order valence-corrected chi connectivity index (χ2v) is 5.22. The SMILES string of the molecule is CCCCCc1ccc(NC(=O)C2COCCN2)cc1. The third-order valence-corrected chi connectivity index (χ3v) is 3.53. The molecule has 2 N–H and O–H groups in total. The number of benzene rings is 1. The van der Waals surface area contributed by atoms with Gasteiger partial charge in [-0.15, -0.1) is 0 Å². The fourth-order valence-electron chi connectivity index (χ4n) is 2.30. The van der Waals surface area contributed by atoms with Crippen LogP contribution in [0.4, 0.5) is 5.69 Å². The second kappa shape index (κ2) is 8.02. The molecule has 0 aliphatic carbocycles. The van der Waals surface area contributed by atoms with Gasteiger partial charge in [-0.3, -0.25) is 4.79 Å². The topological polar surface area (TPSA) is 50.4 Å². The number of ether oxygens (including phenoxy) is 1. The van der Waals surface area contributed by atoms with Gasteiger partial charge in [0.2, 0.25) is 5.91 Å². The van der Waals surface area contributed by atoms with Gasteiger partial charge in [0.25, 0.3) is 0 Å². The zero-order valence-electron chi connectivity index (χ0n) is 12.2. The molecule has 2 rings (SSSR count). The van der Waals surface area contributed by atoms with Crippen molar-refractivity contribution in [3.05, 3.63) is 29.8 Å². The number of hydrogen-bond acceptors (Lipinski definition) is 3. The van der Waals surface area contributed by atoms with E-state index in [-0.39, 0.29) is 11.9 Å². The van der Waals surface area contributed by atoms with Crippen molar-refractivity contribution in [1.29, 1.82) is 0 Å². The van der Waals surface area contributed by atoms with Gasteiger partial charge in [0.05, 0.1) is 13.2 Å². The third-order valence-electron chi connectivity index (χ3n) is 3.53. The Kier molecular flexibility index (Phi) is 6.02. The number of unbranched alkanes of at least 4 members (excludes halogenated alkanes) is 2. The van der Waals surface area contributed by atoms with E-state index in [1.54, 1.807) is 0 Å². The van der Waals surface area contributed by atoms with Crippen LogP contribution in [0.15, 0.2) is 24.3 Å². The number of anilines is 1. The molecule has 0 saturated carbocycles. The van der Waals surface area contributed by atoms with Crippen LogP contribution in [-0.4, -0.2) is 31.7 Å². The summed E-state index contributed by atoms with van der Waals surface area (Å²) in [6, 6.07) is 7.89. The van der Waals surface area contributed by atoms with Gasteiger partial charge in [0.1, 0.15) is 6.04 Å². The van der Waals surface area contributed by atoms with Gasteiger partial charge in [-0.2, -0.15) is 0 Å². The zero-order chi connectivity index (χ0) is 14.2. The zero-order valence-corrected chi connectivity index (χ0v) is 12.2. The van der Waals surface area contributed by atoms with Gasteiger partial charge in [0, 0.05) is 12.2 Å². The lowest BCUT2D eigenvalue weighted by Crippen LogP contribution is -2.48. The molecule has 1 unspecified atom stereocenters. The number of nitrogens with one attached hydrogen (secondary N) is 2. The van der Waals surface area contributed by atoms with Crippen molar-refractivity contribution in [3.63, 3.8) is 0 Å². The molecule has 1 amide bonds. The molecule has 4 nitrogen and oxygen atoms in total. The van der Waals surface area contributed by atoms with Gasteiger partial charge in [-0.05, 0) is 30.5 Å². The number of rotatable bonds is 6. The fraction of sp³-hybridized carbons (Fsp3) is 0.562. The van der Waals surface area contributed by atoms with E-state index in [1.165, 1.54) is 24.8 Å². The minimum Gasteiger partial charge on any atom is -0.378 e. The average Bonchev–Trinajstić information content (AvgIpc) is 2.50. The lowest BCUT2D eigenvalue weighted by atomic mass is 10.1. The van der Waals surface area contributed by atoms with Gasteiger partial charge < -0.3 is 15.4 Å². The number of aryl methyl sites for hydroxylation is 1. The first kappa shape index (κ1) is 15.0. The van der Waals surface area contributed by atoms with E-state index in [4.69, 9.17) is 4.74 Å². The molecule has 0 aromatic heterocycles. The molecular formula is C16H24N2O2. The van der Waals surface area contributed by atoms with Crippen molar-refractivity contribution in [2.24, 2.45) is 0 Å². The monoisotopic (exact) mass is 276 g/mol. The molecule has 4 heteroatoms. The summed E-state index contributed by atoms with van der Waals surface area (Å²) in [6.45, 7) is 4.06. The van der Waals surface area contributed by atoms with Crippen molar-refractivity contribution in [3.8, 4) is 0 Å². The predicted molar refractivity (Wildman–Crippen MR) is 80.9 cm³/mol. The van der Waals surface area contributed by atoms with Crippen LogP contribution in [0.2, 0.25) is 0 Å². The number of carbonyl (C=O) groups is 1. The van der Waals surface area contributed by atoms with E-state index >= 15 is 0 Å². The Bertz CT molecular complexity index is 411. The Morgan fingerprint density at radius 2 is 2.15 bits per heavy atom. The highest BCUT2D eigenvalue weighted by Gasteiger charge is 2.20. The Balaban J connectivity index is 1.81. The van der Waals surface area contributed by atoms with Crippen LogP contribution in [0.25, 0.3) is 0 Å². The highest BCUT2D eigenvalue weighted by molar-refractivity contribution is 5.95. The first-order valence-electron chi connectivity index (χ1n) is 7.50. The summed E-state index contributed by atoms with van der Waals surface area (Å²) in [5, 5.41) is 6.07. The van der Waals surface area contributed by atoms with Gasteiger partial charge in [-0.1, -0.05) is 31.9 Å². The smallest absolute Gasteiger partial charge is 0.243 e. The number of hydrogen-bond donors (Lipinski definition) is 2. The minimum atomic E-state index is -0.243. The Morgan fingerprint density at radius 1 is 1.35 bits per heavy atom. The summed E-state index contributed by atoms with van der Waals surface area (Å²) >= 11 is 0. The molecule has 1 aliphatic heterocycles. The van der Waals surface area contributed by atoms with E-state index in [1.807, 2.05) is 12.1 Å². The molecule has 1 aromatic carbocycles. The largest absolute Gasteiger partial charge is 0.378 e. The first-order valence-corrected chi connectivity index (χ1v) is 7.50. The molecule has 0 radical (unpaired) electrons. The highest BCUT2D eigenvalue weighted by atomic mass is 16.5. The summed E-state index contributed by atoms with van der Waals surface area (Å²) in [7, 11) is 0. The van der Waals surface area contributed by atoms with Crippen LogP contribution in [0, 0.1) is 0 Å². The molecular weight excluding hydrogens is 252 g/mol. The van der Waals surface area contributed by atoms with Crippen molar-refractivity contribution in [1.82, 2.24) is 5.32 Å². The molecule has 1 aromatic rings. The molecule has 110 valence electrons. The van der Waals surface area contributed by atoms with Gasteiger partial charge in [-0.25, -0.2) is 0 Å². The average molecular weight is 276 g/mol. The van der Waals surface area contributed by atoms with Gasteiger partial charge >= 0.3 is 0 Å². The minimum absolute atomic E-state index is 0.0246. The Morgan fingerprint density at radius 3 is 2.80 bits per heavy atom. The number of amides is 1. The van der Waals surface area contributed by atoms with E-state index in [2.05, 4.69) is 29.7 Å². The lowest BCUT2D eigenvalue weighted by Gasteiger charge is -2.22. The van der Waals surface area contributed by atoms with Crippen molar-refractivity contribution in [2.75, 3.05) is 25.1 Å². The summed E-state index contributed by atoms with van der Waals surface area (Å²) < 4.78 is 5.29. The quantitative estimate of drug-likeness (QED) is 0.784. The number of carbonyl (C=O) groups excluding carboxylic acids is 1. The van der Waals surface area contributed by atoms with Crippen LogP contribution >= 0.6 is 0 Å². The molecule has 1 saturated heterocycles. The van der Waals surface area contributed by atoms with Crippen LogP contribution in [0.5, 0.6) is 0 Å². The summed E-state index contributed by atoms with van der Waals surface area (Å²) in [5.41, 5.74) is 2.18. The molecule has 1 heterocycles. The first-order chi connectivity index (χ1) is 9.79. The fourth-order valence-corrected chi connectivity index (χ4v) is 2.30. The van der Waals surface area contributed by atoms with E-state index in [0.717, 1.165) is 18.7 Å². The van der Waals surface area contributed by atoms with Crippen LogP contribution in [-0.2, 0) is 16.0 Å². The maximum absolute atomic E-state index is 12.0. The van der Waals surface area contributed by atoms with Crippen molar-refractivity contribution in [2.45, 2.75) is 38.6 Å². The van der Waals surface area contributed by atoms with Crippen LogP contribution in [0.1, 0.15) is 31.7 Å². The van der Waals surface area contributed by atoms with Crippen LogP contribution in [0.3, 0.4) is 0 Å². The lowest BCUT2D eigenvalue weighted by molar-refractivity contribution is -0.120. The summed E-state index contributed by atoms with van der Waals surface area (Å²) in [4.78, 5) is 12.0. The molecule has 1 aliphatic rings. The summed E-state index contributed by atoms with van der Waals surface area (Å²) in [6.07, 6.45) is 4.85. The van der Waals surface area contributed by atoms with Gasteiger partial charge in [0.15, 0.2) is 0 Å². The maximum atomic E-state index is 12.0. The Hall–Kier alpha value is -1.39. The maximum Gasteiger partial charge on any atom is 0.243 e. The predicted octanol–water partition coefficient (Wildman–Crippen LogP) is 2.35.